The largest absolute Gasteiger partial charge is 0.477 e. The first kappa shape index (κ1) is 15.2. The van der Waals surface area contributed by atoms with Gasteiger partial charge in [0, 0.05) is 18.4 Å². The van der Waals surface area contributed by atoms with Crippen molar-refractivity contribution in [2.24, 2.45) is 0 Å². The van der Waals surface area contributed by atoms with Gasteiger partial charge in [0.05, 0.1) is 0 Å². The van der Waals surface area contributed by atoms with E-state index < -0.39 is 22.8 Å². The van der Waals surface area contributed by atoms with Gasteiger partial charge in [0.25, 0.3) is 5.56 Å². The fourth-order valence-corrected chi connectivity index (χ4v) is 2.96. The molecule has 1 aliphatic rings. The number of carbonyl (C=O) groups is 1. The smallest absolute Gasteiger partial charge is 0.342 e. The molecule has 1 aliphatic carbocycles. The molecule has 7 heteroatoms. The van der Waals surface area contributed by atoms with Gasteiger partial charge in [0.15, 0.2) is 0 Å². The number of aromatic nitrogens is 3. The van der Waals surface area contributed by atoms with Crippen LogP contribution in [-0.2, 0) is 0 Å². The van der Waals surface area contributed by atoms with E-state index in [1.807, 2.05) is 6.92 Å². The highest BCUT2D eigenvalue weighted by atomic mass is 16.4. The summed E-state index contributed by atoms with van der Waals surface area (Å²) < 4.78 is 2.22. The highest BCUT2D eigenvalue weighted by molar-refractivity contribution is 5.86. The van der Waals surface area contributed by atoms with Crippen LogP contribution >= 0.6 is 0 Å². The maximum absolute atomic E-state index is 12.7. The second-order valence-electron chi connectivity index (χ2n) is 5.81. The SMILES string of the molecule is Cc1ccc(-n2c(=O)c(C(=O)O)cn(C3CCCC3)c2=O)nc1. The second kappa shape index (κ2) is 5.83. The van der Waals surface area contributed by atoms with Gasteiger partial charge >= 0.3 is 11.7 Å². The molecule has 0 atom stereocenters. The van der Waals surface area contributed by atoms with Crippen LogP contribution in [0.1, 0.15) is 47.6 Å². The maximum atomic E-state index is 12.7. The summed E-state index contributed by atoms with van der Waals surface area (Å²) in [4.78, 5) is 40.6. The van der Waals surface area contributed by atoms with E-state index in [1.165, 1.54) is 17.0 Å². The van der Waals surface area contributed by atoms with Gasteiger partial charge in [-0.1, -0.05) is 18.9 Å². The Hall–Kier alpha value is -2.70. The van der Waals surface area contributed by atoms with Gasteiger partial charge in [0.1, 0.15) is 11.4 Å². The minimum Gasteiger partial charge on any atom is -0.477 e. The average Bonchev–Trinajstić information content (AvgIpc) is 3.03. The zero-order valence-electron chi connectivity index (χ0n) is 12.7. The van der Waals surface area contributed by atoms with Crippen molar-refractivity contribution in [3.63, 3.8) is 0 Å². The number of aromatic carboxylic acids is 1. The lowest BCUT2D eigenvalue weighted by atomic mass is 10.2. The molecule has 2 heterocycles. The Morgan fingerprint density at radius 2 is 1.96 bits per heavy atom. The highest BCUT2D eigenvalue weighted by Gasteiger charge is 2.24. The van der Waals surface area contributed by atoms with Crippen molar-refractivity contribution in [1.29, 1.82) is 0 Å². The molecule has 2 aromatic rings. The molecule has 0 aliphatic heterocycles. The van der Waals surface area contributed by atoms with E-state index >= 15 is 0 Å². The molecule has 0 amide bonds. The summed E-state index contributed by atoms with van der Waals surface area (Å²) in [5.41, 5.74) is -0.928. The molecule has 0 unspecified atom stereocenters. The van der Waals surface area contributed by atoms with Crippen LogP contribution in [-0.4, -0.2) is 25.2 Å². The first-order valence-electron chi connectivity index (χ1n) is 7.53. The first-order chi connectivity index (χ1) is 11.0. The summed E-state index contributed by atoms with van der Waals surface area (Å²) in [6.07, 6.45) is 6.29. The van der Waals surface area contributed by atoms with Crippen LogP contribution in [0, 0.1) is 6.92 Å². The number of pyridine rings is 1. The predicted molar refractivity (Wildman–Crippen MR) is 83.3 cm³/mol. The molecule has 3 rings (SSSR count). The van der Waals surface area contributed by atoms with Crippen LogP contribution < -0.4 is 11.2 Å². The summed E-state index contributed by atoms with van der Waals surface area (Å²) in [7, 11) is 0. The van der Waals surface area contributed by atoms with Crippen molar-refractivity contribution >= 4 is 5.97 Å². The molecule has 7 nitrogen and oxygen atoms in total. The Labute approximate surface area is 131 Å². The van der Waals surface area contributed by atoms with Gasteiger partial charge in [0.2, 0.25) is 0 Å². The third kappa shape index (κ3) is 2.69. The van der Waals surface area contributed by atoms with Crippen molar-refractivity contribution in [2.75, 3.05) is 0 Å². The Morgan fingerprint density at radius 1 is 1.26 bits per heavy atom. The van der Waals surface area contributed by atoms with Crippen LogP contribution in [0.25, 0.3) is 5.82 Å². The van der Waals surface area contributed by atoms with Gasteiger partial charge in [-0.2, -0.15) is 0 Å². The van der Waals surface area contributed by atoms with Crippen LogP contribution in [0.5, 0.6) is 0 Å². The van der Waals surface area contributed by atoms with Crippen LogP contribution in [0.3, 0.4) is 0 Å². The van der Waals surface area contributed by atoms with E-state index in [0.717, 1.165) is 35.8 Å². The van der Waals surface area contributed by atoms with Crippen LogP contribution in [0.4, 0.5) is 0 Å². The van der Waals surface area contributed by atoms with E-state index in [9.17, 15) is 19.5 Å². The maximum Gasteiger partial charge on any atom is 0.342 e. The summed E-state index contributed by atoms with van der Waals surface area (Å²) in [5, 5.41) is 9.29. The van der Waals surface area contributed by atoms with E-state index in [-0.39, 0.29) is 11.9 Å². The van der Waals surface area contributed by atoms with Crippen molar-refractivity contribution in [2.45, 2.75) is 38.6 Å². The van der Waals surface area contributed by atoms with Crippen molar-refractivity contribution < 1.29 is 9.90 Å². The molecule has 120 valence electrons. The zero-order valence-corrected chi connectivity index (χ0v) is 12.7. The lowest BCUT2D eigenvalue weighted by Gasteiger charge is -2.16. The number of carboxylic acid groups (broad SMARTS) is 1. The number of nitrogens with zero attached hydrogens (tertiary/aromatic N) is 3. The van der Waals surface area contributed by atoms with E-state index in [1.54, 1.807) is 12.1 Å². The molecule has 1 fully saturated rings. The van der Waals surface area contributed by atoms with Crippen molar-refractivity contribution in [3.8, 4) is 5.82 Å². The minimum atomic E-state index is -1.34. The lowest BCUT2D eigenvalue weighted by Crippen LogP contribution is -2.42. The average molecular weight is 315 g/mol. The fraction of sp³-hybridized carbons (Fsp3) is 0.375. The molecule has 0 aromatic carbocycles. The third-order valence-corrected chi connectivity index (χ3v) is 4.19. The van der Waals surface area contributed by atoms with Gasteiger partial charge < -0.3 is 5.11 Å². The molecule has 0 radical (unpaired) electrons. The molecule has 1 N–H and O–H groups in total. The Kier molecular flexibility index (Phi) is 3.85. The quantitative estimate of drug-likeness (QED) is 0.926. The van der Waals surface area contributed by atoms with Crippen LogP contribution in [0.2, 0.25) is 0 Å². The standard InChI is InChI=1S/C16H17N3O4/c1-10-6-7-13(17-8-10)19-14(20)12(15(21)22)9-18(16(19)23)11-4-2-3-5-11/h6-9,11H,2-5H2,1H3,(H,21,22). The summed E-state index contributed by atoms with van der Waals surface area (Å²) in [5.74, 6) is -1.21. The Morgan fingerprint density at radius 3 is 2.52 bits per heavy atom. The predicted octanol–water partition coefficient (Wildman–Crippen LogP) is 1.52. The third-order valence-electron chi connectivity index (χ3n) is 4.19. The molecular weight excluding hydrogens is 298 g/mol. The Balaban J connectivity index is 2.28. The van der Waals surface area contributed by atoms with Crippen molar-refractivity contribution in [3.05, 3.63) is 56.5 Å². The minimum absolute atomic E-state index is 0.0714. The summed E-state index contributed by atoms with van der Waals surface area (Å²) in [6, 6.07) is 3.20. The highest BCUT2D eigenvalue weighted by Crippen LogP contribution is 2.28. The van der Waals surface area contributed by atoms with Crippen LogP contribution in [0.15, 0.2) is 34.1 Å². The monoisotopic (exact) mass is 315 g/mol. The van der Waals surface area contributed by atoms with Gasteiger partial charge in [-0.15, -0.1) is 0 Å². The normalized spacial score (nSPS) is 15.0. The lowest BCUT2D eigenvalue weighted by molar-refractivity contribution is 0.0693. The molecule has 23 heavy (non-hydrogen) atoms. The second-order valence-corrected chi connectivity index (χ2v) is 5.81. The molecule has 0 spiro atoms. The number of hydrogen-bond donors (Lipinski definition) is 1. The number of hydrogen-bond acceptors (Lipinski definition) is 4. The van der Waals surface area contributed by atoms with Gasteiger partial charge in [-0.25, -0.2) is 19.1 Å². The fourth-order valence-electron chi connectivity index (χ4n) is 2.96. The van der Waals surface area contributed by atoms with Gasteiger partial charge in [-0.05, 0) is 31.4 Å². The summed E-state index contributed by atoms with van der Waals surface area (Å²) in [6.45, 7) is 1.84. The van der Waals surface area contributed by atoms with E-state index in [0.29, 0.717) is 0 Å². The molecular formula is C16H17N3O4. The number of carboxylic acids is 1. The van der Waals surface area contributed by atoms with E-state index in [4.69, 9.17) is 0 Å². The molecule has 1 saturated carbocycles. The zero-order chi connectivity index (χ0) is 16.6. The summed E-state index contributed by atoms with van der Waals surface area (Å²) >= 11 is 0. The number of aryl methyl sites for hydroxylation is 1. The number of rotatable bonds is 3. The topological polar surface area (TPSA) is 94.2 Å². The molecule has 2 aromatic heterocycles. The first-order valence-corrected chi connectivity index (χ1v) is 7.53. The Bertz CT molecular complexity index is 858. The molecule has 0 saturated heterocycles. The molecule has 0 bridgehead atoms. The van der Waals surface area contributed by atoms with Crippen molar-refractivity contribution in [1.82, 2.24) is 14.1 Å². The van der Waals surface area contributed by atoms with E-state index in [2.05, 4.69) is 4.98 Å². The van der Waals surface area contributed by atoms with Gasteiger partial charge in [-0.3, -0.25) is 9.36 Å².